The van der Waals surface area contributed by atoms with Gasteiger partial charge in [-0.2, -0.15) is 8.42 Å². The van der Waals surface area contributed by atoms with Crippen LogP contribution >= 0.6 is 0 Å². The van der Waals surface area contributed by atoms with Crippen LogP contribution in [0.4, 0.5) is 0 Å². The van der Waals surface area contributed by atoms with Crippen molar-refractivity contribution >= 4 is 16.1 Å². The van der Waals surface area contributed by atoms with Gasteiger partial charge in [0.1, 0.15) is 5.25 Å². The number of carboxylic acid groups (broad SMARTS) is 1. The van der Waals surface area contributed by atoms with Gasteiger partial charge < -0.3 is 5.11 Å². The highest BCUT2D eigenvalue weighted by Gasteiger charge is 2.27. The number of benzene rings is 1. The van der Waals surface area contributed by atoms with Crippen molar-refractivity contribution in [1.29, 1.82) is 0 Å². The van der Waals surface area contributed by atoms with Crippen LogP contribution in [0.2, 0.25) is 0 Å². The lowest BCUT2D eigenvalue weighted by Crippen LogP contribution is -2.15. The highest BCUT2D eigenvalue weighted by molar-refractivity contribution is 7.86. The number of carboxylic acids is 1. The fourth-order valence-corrected chi connectivity index (χ4v) is 2.74. The summed E-state index contributed by atoms with van der Waals surface area (Å²) in [7, 11) is -4.21. The third kappa shape index (κ3) is 2.22. The van der Waals surface area contributed by atoms with E-state index in [1.54, 1.807) is 6.08 Å². The lowest BCUT2D eigenvalue weighted by Gasteiger charge is -2.18. The number of hydrogen-bond donors (Lipinski definition) is 2. The van der Waals surface area contributed by atoms with E-state index in [9.17, 15) is 13.2 Å². The summed E-state index contributed by atoms with van der Waals surface area (Å²) in [4.78, 5) is 10.8. The Kier molecular flexibility index (Phi) is 2.76. The second-order valence-electron chi connectivity index (χ2n) is 3.79. The summed E-state index contributed by atoms with van der Waals surface area (Å²) < 4.78 is 31.4. The van der Waals surface area contributed by atoms with Gasteiger partial charge in [-0.15, -0.1) is 0 Å². The summed E-state index contributed by atoms with van der Waals surface area (Å²) >= 11 is 0. The summed E-state index contributed by atoms with van der Waals surface area (Å²) in [6, 6.07) is 4.19. The minimum absolute atomic E-state index is 0.105. The Balaban J connectivity index is 2.54. The largest absolute Gasteiger partial charge is 0.478 e. The van der Waals surface area contributed by atoms with Crippen LogP contribution < -0.4 is 0 Å². The van der Waals surface area contributed by atoms with Crippen molar-refractivity contribution in [2.75, 3.05) is 0 Å². The molecule has 0 radical (unpaired) electrons. The van der Waals surface area contributed by atoms with Gasteiger partial charge in [-0.25, -0.2) is 4.79 Å². The van der Waals surface area contributed by atoms with E-state index in [-0.39, 0.29) is 5.56 Å². The van der Waals surface area contributed by atoms with Gasteiger partial charge in [0.2, 0.25) is 0 Å². The molecule has 0 saturated carbocycles. The molecular weight excluding hydrogens is 244 g/mol. The zero-order valence-electron chi connectivity index (χ0n) is 8.70. The van der Waals surface area contributed by atoms with Crippen LogP contribution in [0, 0.1) is 0 Å². The maximum absolute atomic E-state index is 11.2. The van der Waals surface area contributed by atoms with Crippen molar-refractivity contribution in [3.63, 3.8) is 0 Å². The van der Waals surface area contributed by atoms with Gasteiger partial charge in [-0.3, -0.25) is 4.55 Å². The molecule has 0 saturated heterocycles. The van der Waals surface area contributed by atoms with E-state index in [1.165, 1.54) is 24.3 Å². The maximum Gasteiger partial charge on any atom is 0.335 e. The molecule has 90 valence electrons. The fourth-order valence-electron chi connectivity index (χ4n) is 1.88. The summed E-state index contributed by atoms with van der Waals surface area (Å²) in [5, 5.41) is 7.72. The van der Waals surface area contributed by atoms with E-state index >= 15 is 0 Å². The second kappa shape index (κ2) is 3.97. The van der Waals surface area contributed by atoms with E-state index in [4.69, 9.17) is 9.66 Å². The highest BCUT2D eigenvalue weighted by Crippen LogP contribution is 2.31. The smallest absolute Gasteiger partial charge is 0.335 e. The van der Waals surface area contributed by atoms with Gasteiger partial charge in [0.15, 0.2) is 0 Å². The molecule has 17 heavy (non-hydrogen) atoms. The van der Waals surface area contributed by atoms with E-state index in [0.29, 0.717) is 17.5 Å². The van der Waals surface area contributed by atoms with Crippen molar-refractivity contribution in [2.45, 2.75) is 11.7 Å². The predicted octanol–water partition coefficient (Wildman–Crippen LogP) is 1.43. The van der Waals surface area contributed by atoms with Crippen LogP contribution in [0.15, 0.2) is 30.4 Å². The third-order valence-corrected chi connectivity index (χ3v) is 3.72. The van der Waals surface area contributed by atoms with Crippen LogP contribution in [0.3, 0.4) is 0 Å². The molecule has 0 heterocycles. The summed E-state index contributed by atoms with van der Waals surface area (Å²) in [6.45, 7) is 0. The zero-order valence-corrected chi connectivity index (χ0v) is 9.52. The summed E-state index contributed by atoms with van der Waals surface area (Å²) in [5.74, 6) is -1.06. The molecular formula is C11H10O5S. The summed E-state index contributed by atoms with van der Waals surface area (Å²) in [5.41, 5.74) is 1.14. The molecule has 1 aliphatic rings. The van der Waals surface area contributed by atoms with Crippen molar-refractivity contribution in [3.8, 4) is 0 Å². The van der Waals surface area contributed by atoms with Crippen LogP contribution in [-0.4, -0.2) is 24.0 Å². The Labute approximate surface area is 98.1 Å². The van der Waals surface area contributed by atoms with E-state index in [1.807, 2.05) is 0 Å². The molecule has 0 fully saturated rings. The molecule has 1 aliphatic carbocycles. The molecule has 0 bridgehead atoms. The van der Waals surface area contributed by atoms with E-state index in [0.717, 1.165) is 0 Å². The van der Waals surface area contributed by atoms with Crippen LogP contribution in [0.25, 0.3) is 0 Å². The number of allylic oxidation sites excluding steroid dienone is 1. The predicted molar refractivity (Wildman–Crippen MR) is 60.5 cm³/mol. The van der Waals surface area contributed by atoms with Gasteiger partial charge >= 0.3 is 5.97 Å². The molecule has 6 heteroatoms. The van der Waals surface area contributed by atoms with Crippen molar-refractivity contribution in [3.05, 3.63) is 47.0 Å². The van der Waals surface area contributed by atoms with Crippen LogP contribution in [0.1, 0.15) is 26.7 Å². The molecule has 0 amide bonds. The average Bonchev–Trinajstić information content (AvgIpc) is 2.26. The Hall–Kier alpha value is -1.66. The monoisotopic (exact) mass is 254 g/mol. The second-order valence-corrected chi connectivity index (χ2v) is 5.32. The molecule has 1 atom stereocenters. The first-order valence-electron chi connectivity index (χ1n) is 4.88. The normalized spacial score (nSPS) is 18.8. The van der Waals surface area contributed by atoms with Gasteiger partial charge in [0.25, 0.3) is 10.1 Å². The first-order chi connectivity index (χ1) is 7.89. The maximum atomic E-state index is 11.2. The lowest BCUT2D eigenvalue weighted by molar-refractivity contribution is 0.0696. The van der Waals surface area contributed by atoms with Crippen molar-refractivity contribution < 1.29 is 22.9 Å². The molecule has 2 N–H and O–H groups in total. The quantitative estimate of drug-likeness (QED) is 0.615. The fraction of sp³-hybridized carbons (Fsp3) is 0.182. The van der Waals surface area contributed by atoms with Gasteiger partial charge in [0, 0.05) is 0 Å². The van der Waals surface area contributed by atoms with Crippen molar-refractivity contribution in [1.82, 2.24) is 0 Å². The first kappa shape index (κ1) is 11.8. The van der Waals surface area contributed by atoms with Gasteiger partial charge in [-0.1, -0.05) is 18.2 Å². The molecule has 0 aliphatic heterocycles. The Morgan fingerprint density at radius 3 is 2.65 bits per heavy atom. The summed E-state index contributed by atoms with van der Waals surface area (Å²) in [6.07, 6.45) is 3.47. The SMILES string of the molecule is O=C(O)c1ccc2c(c1)CC=CC2S(=O)(=O)O. The molecule has 5 nitrogen and oxygen atoms in total. The average molecular weight is 254 g/mol. The number of carbonyl (C=O) groups is 1. The molecule has 1 unspecified atom stereocenters. The van der Waals surface area contributed by atoms with Crippen LogP contribution in [0.5, 0.6) is 0 Å². The number of aromatic carboxylic acids is 1. The zero-order chi connectivity index (χ0) is 12.6. The lowest BCUT2D eigenvalue weighted by atomic mass is 9.94. The minimum Gasteiger partial charge on any atom is -0.478 e. The van der Waals surface area contributed by atoms with Crippen LogP contribution in [-0.2, 0) is 16.5 Å². The number of hydrogen-bond acceptors (Lipinski definition) is 3. The highest BCUT2D eigenvalue weighted by atomic mass is 32.2. The van der Waals surface area contributed by atoms with Crippen molar-refractivity contribution in [2.24, 2.45) is 0 Å². The van der Waals surface area contributed by atoms with Gasteiger partial charge in [-0.05, 0) is 29.7 Å². The standard InChI is InChI=1S/C11H10O5S/c12-11(13)8-4-5-9-7(6-8)2-1-3-10(9)17(14,15)16/h1,3-6,10H,2H2,(H,12,13)(H,14,15,16). The Morgan fingerprint density at radius 1 is 1.35 bits per heavy atom. The molecule has 0 spiro atoms. The number of fused-ring (bicyclic) bond motifs is 1. The molecule has 2 rings (SSSR count). The Morgan fingerprint density at radius 2 is 2.06 bits per heavy atom. The topological polar surface area (TPSA) is 91.7 Å². The molecule has 1 aromatic carbocycles. The minimum atomic E-state index is -4.21. The number of rotatable bonds is 2. The third-order valence-electron chi connectivity index (χ3n) is 2.67. The van der Waals surface area contributed by atoms with E-state index < -0.39 is 21.3 Å². The molecule has 1 aromatic rings. The molecule has 0 aromatic heterocycles. The Bertz CT molecular complexity index is 600. The van der Waals surface area contributed by atoms with E-state index in [2.05, 4.69) is 0 Å². The first-order valence-corrected chi connectivity index (χ1v) is 6.39. The van der Waals surface area contributed by atoms with Gasteiger partial charge in [0.05, 0.1) is 5.56 Å².